The van der Waals surface area contributed by atoms with Crippen molar-refractivity contribution < 1.29 is 0 Å². The molecule has 1 rings (SSSR count). The number of rotatable bonds is 2. The minimum absolute atomic E-state index is 0.524. The molecule has 0 aliphatic heterocycles. The van der Waals surface area contributed by atoms with E-state index >= 15 is 0 Å². The van der Waals surface area contributed by atoms with E-state index in [4.69, 9.17) is 11.6 Å². The third-order valence-corrected chi connectivity index (χ3v) is 2.71. The second kappa shape index (κ2) is 3.96. The van der Waals surface area contributed by atoms with Crippen LogP contribution in [0.1, 0.15) is 33.1 Å². The molecule has 1 aliphatic rings. The minimum atomic E-state index is 0.524. The maximum atomic E-state index is 6.08. The number of hydrogen-bond acceptors (Lipinski definition) is 0. The standard InChI is InChI=1S/C10H15Cl/c1-3-8-6-5-7-10(11)9(8)4-2/h6-7,9H,3-5H2,1-2H3. The highest BCUT2D eigenvalue weighted by atomic mass is 35.5. The first-order chi connectivity index (χ1) is 5.29. The number of hydrogen-bond donors (Lipinski definition) is 0. The maximum Gasteiger partial charge on any atom is 0.0215 e. The zero-order valence-electron chi connectivity index (χ0n) is 7.23. The fourth-order valence-corrected chi connectivity index (χ4v) is 2.02. The second-order valence-corrected chi connectivity index (χ2v) is 3.35. The van der Waals surface area contributed by atoms with Gasteiger partial charge in [0.15, 0.2) is 0 Å². The second-order valence-electron chi connectivity index (χ2n) is 2.92. The molecule has 1 aliphatic carbocycles. The molecule has 11 heavy (non-hydrogen) atoms. The summed E-state index contributed by atoms with van der Waals surface area (Å²) in [6.07, 6.45) is 7.73. The highest BCUT2D eigenvalue weighted by Gasteiger charge is 2.16. The minimum Gasteiger partial charge on any atom is -0.0888 e. The molecule has 0 spiro atoms. The summed E-state index contributed by atoms with van der Waals surface area (Å²) in [5.74, 6) is 0.524. The van der Waals surface area contributed by atoms with E-state index in [0.717, 1.165) is 24.3 Å². The van der Waals surface area contributed by atoms with E-state index in [1.807, 2.05) is 0 Å². The molecule has 0 aromatic heterocycles. The van der Waals surface area contributed by atoms with E-state index in [2.05, 4.69) is 26.0 Å². The molecule has 0 nitrogen and oxygen atoms in total. The van der Waals surface area contributed by atoms with E-state index in [1.165, 1.54) is 5.57 Å². The lowest BCUT2D eigenvalue weighted by Gasteiger charge is -2.20. The van der Waals surface area contributed by atoms with Gasteiger partial charge < -0.3 is 0 Å². The summed E-state index contributed by atoms with van der Waals surface area (Å²) in [6.45, 7) is 4.39. The Labute approximate surface area is 73.9 Å². The van der Waals surface area contributed by atoms with Crippen LogP contribution < -0.4 is 0 Å². The van der Waals surface area contributed by atoms with Gasteiger partial charge >= 0.3 is 0 Å². The quantitative estimate of drug-likeness (QED) is 0.552. The molecular formula is C10H15Cl. The summed E-state index contributed by atoms with van der Waals surface area (Å²) in [6, 6.07) is 0. The normalized spacial score (nSPS) is 24.5. The van der Waals surface area contributed by atoms with E-state index in [9.17, 15) is 0 Å². The molecule has 0 amide bonds. The van der Waals surface area contributed by atoms with E-state index in [1.54, 1.807) is 0 Å². The molecule has 1 heteroatoms. The number of halogens is 1. The van der Waals surface area contributed by atoms with Crippen LogP contribution in [-0.2, 0) is 0 Å². The lowest BCUT2D eigenvalue weighted by Crippen LogP contribution is -2.05. The molecule has 62 valence electrons. The predicted molar refractivity (Wildman–Crippen MR) is 50.7 cm³/mol. The Kier molecular flexibility index (Phi) is 3.19. The SMILES string of the molecule is CCC1=CCC=C(Cl)C1CC. The molecule has 0 fully saturated rings. The van der Waals surface area contributed by atoms with Crippen LogP contribution in [0.4, 0.5) is 0 Å². The van der Waals surface area contributed by atoms with Crippen molar-refractivity contribution in [1.29, 1.82) is 0 Å². The van der Waals surface area contributed by atoms with Crippen molar-refractivity contribution in [3.8, 4) is 0 Å². The van der Waals surface area contributed by atoms with E-state index in [0.29, 0.717) is 5.92 Å². The van der Waals surface area contributed by atoms with Gasteiger partial charge in [-0.25, -0.2) is 0 Å². The van der Waals surface area contributed by atoms with Gasteiger partial charge in [0.05, 0.1) is 0 Å². The summed E-state index contributed by atoms with van der Waals surface area (Å²) >= 11 is 6.08. The van der Waals surface area contributed by atoms with Crippen molar-refractivity contribution in [3.63, 3.8) is 0 Å². The topological polar surface area (TPSA) is 0 Å². The summed E-state index contributed by atoms with van der Waals surface area (Å²) in [5, 5.41) is 1.05. The lowest BCUT2D eigenvalue weighted by molar-refractivity contribution is 0.672. The first-order valence-corrected chi connectivity index (χ1v) is 4.71. The zero-order valence-corrected chi connectivity index (χ0v) is 7.99. The first-order valence-electron chi connectivity index (χ1n) is 4.34. The third kappa shape index (κ3) is 1.87. The molecule has 0 radical (unpaired) electrons. The molecule has 0 N–H and O–H groups in total. The largest absolute Gasteiger partial charge is 0.0888 e. The Morgan fingerprint density at radius 1 is 1.45 bits per heavy atom. The molecule has 1 atom stereocenters. The maximum absolute atomic E-state index is 6.08. The molecule has 0 aromatic rings. The first kappa shape index (κ1) is 8.86. The van der Waals surface area contributed by atoms with Gasteiger partial charge in [-0.05, 0) is 19.3 Å². The Hall–Kier alpha value is -0.230. The van der Waals surface area contributed by atoms with Gasteiger partial charge in [-0.3, -0.25) is 0 Å². The fourth-order valence-electron chi connectivity index (χ4n) is 1.63. The summed E-state index contributed by atoms with van der Waals surface area (Å²) in [5.41, 5.74) is 1.51. The summed E-state index contributed by atoms with van der Waals surface area (Å²) in [4.78, 5) is 0. The van der Waals surface area contributed by atoms with Crippen LogP contribution >= 0.6 is 11.6 Å². The van der Waals surface area contributed by atoms with Crippen LogP contribution in [0.15, 0.2) is 22.8 Å². The van der Waals surface area contributed by atoms with E-state index in [-0.39, 0.29) is 0 Å². The Balaban J connectivity index is 2.73. The average Bonchev–Trinajstić information content (AvgIpc) is 2.04. The van der Waals surface area contributed by atoms with Crippen molar-refractivity contribution in [1.82, 2.24) is 0 Å². The smallest absolute Gasteiger partial charge is 0.0215 e. The van der Waals surface area contributed by atoms with E-state index < -0.39 is 0 Å². The molecule has 0 saturated carbocycles. The van der Waals surface area contributed by atoms with Crippen LogP contribution in [0, 0.1) is 5.92 Å². The number of allylic oxidation sites excluding steroid dienone is 4. The van der Waals surface area contributed by atoms with Crippen molar-refractivity contribution in [2.24, 2.45) is 5.92 Å². The van der Waals surface area contributed by atoms with Gasteiger partial charge in [-0.2, -0.15) is 0 Å². The van der Waals surface area contributed by atoms with Crippen molar-refractivity contribution in [2.75, 3.05) is 0 Å². The van der Waals surface area contributed by atoms with Gasteiger partial charge in [0, 0.05) is 11.0 Å². The molecule has 0 heterocycles. The van der Waals surface area contributed by atoms with Gasteiger partial charge in [0.25, 0.3) is 0 Å². The Morgan fingerprint density at radius 2 is 2.18 bits per heavy atom. The van der Waals surface area contributed by atoms with Crippen LogP contribution in [0.5, 0.6) is 0 Å². The highest BCUT2D eigenvalue weighted by Crippen LogP contribution is 2.32. The van der Waals surface area contributed by atoms with Crippen LogP contribution in [-0.4, -0.2) is 0 Å². The molecule has 1 unspecified atom stereocenters. The van der Waals surface area contributed by atoms with Gasteiger partial charge in [-0.15, -0.1) is 0 Å². The van der Waals surface area contributed by atoms with Gasteiger partial charge in [-0.1, -0.05) is 43.2 Å². The molecule has 0 aromatic carbocycles. The van der Waals surface area contributed by atoms with Crippen molar-refractivity contribution in [3.05, 3.63) is 22.8 Å². The molecule has 0 bridgehead atoms. The molecular weight excluding hydrogens is 156 g/mol. The van der Waals surface area contributed by atoms with Gasteiger partial charge in [0.2, 0.25) is 0 Å². The van der Waals surface area contributed by atoms with Gasteiger partial charge in [0.1, 0.15) is 0 Å². The summed E-state index contributed by atoms with van der Waals surface area (Å²) in [7, 11) is 0. The third-order valence-electron chi connectivity index (χ3n) is 2.29. The Bertz CT molecular complexity index is 189. The monoisotopic (exact) mass is 170 g/mol. The average molecular weight is 171 g/mol. The van der Waals surface area contributed by atoms with Crippen LogP contribution in [0.25, 0.3) is 0 Å². The van der Waals surface area contributed by atoms with Crippen molar-refractivity contribution in [2.45, 2.75) is 33.1 Å². The lowest BCUT2D eigenvalue weighted by atomic mass is 9.89. The Morgan fingerprint density at radius 3 is 2.64 bits per heavy atom. The van der Waals surface area contributed by atoms with Crippen molar-refractivity contribution >= 4 is 11.6 Å². The highest BCUT2D eigenvalue weighted by molar-refractivity contribution is 6.30. The van der Waals surface area contributed by atoms with Crippen LogP contribution in [0.2, 0.25) is 0 Å². The molecule has 0 saturated heterocycles. The fraction of sp³-hybridized carbons (Fsp3) is 0.600. The summed E-state index contributed by atoms with van der Waals surface area (Å²) < 4.78 is 0. The van der Waals surface area contributed by atoms with Crippen LogP contribution in [0.3, 0.4) is 0 Å². The predicted octanol–water partition coefficient (Wildman–Crippen LogP) is 3.88. The zero-order chi connectivity index (χ0) is 8.27.